The van der Waals surface area contributed by atoms with Crippen LogP contribution in [0, 0.1) is 6.92 Å². The molecule has 0 aliphatic carbocycles. The Balaban J connectivity index is 2.68. The standard InChI is InChI=1S/C16H25N5O5S/c1-10-5-7-12(8-6-10)27(25,26)21-11(2)14(22)20-13(15(23)24)4-3-9-19-16(17)18/h5-8,11,13,21H,3-4,9H2,1-2H3,(H,20,22)(H,23,24)(H4,17,18,19)/t11-,13+/m1/s1. The van der Waals surface area contributed by atoms with E-state index in [0.717, 1.165) is 5.56 Å². The molecule has 0 bridgehead atoms. The summed E-state index contributed by atoms with van der Waals surface area (Å²) in [6.07, 6.45) is 0.409. The number of carboxylic acids is 1. The number of aliphatic carboxylic acids is 1. The second kappa shape index (κ2) is 9.88. The lowest BCUT2D eigenvalue weighted by Crippen LogP contribution is -2.78. The van der Waals surface area contributed by atoms with Gasteiger partial charge in [0, 0.05) is 0 Å². The van der Waals surface area contributed by atoms with Gasteiger partial charge in [0.15, 0.2) is 0 Å². The van der Waals surface area contributed by atoms with Crippen LogP contribution in [0.1, 0.15) is 25.3 Å². The lowest BCUT2D eigenvalue weighted by molar-refractivity contribution is -0.459. The molecule has 0 aliphatic rings. The molecule has 150 valence electrons. The van der Waals surface area contributed by atoms with Crippen molar-refractivity contribution in [2.45, 2.75) is 43.7 Å². The van der Waals surface area contributed by atoms with Gasteiger partial charge in [0.1, 0.15) is 0 Å². The Labute approximate surface area is 158 Å². The number of hydrogen-bond donors (Lipinski definition) is 5. The van der Waals surface area contributed by atoms with Crippen molar-refractivity contribution < 1.29 is 28.1 Å². The quantitative estimate of drug-likeness (QED) is 0.151. The number of nitrogens with two attached hydrogens (primary N) is 2. The molecule has 0 saturated carbocycles. The maximum atomic E-state index is 12.3. The number of carbonyl (C=O) groups excluding carboxylic acids is 2. The molecule has 1 aromatic carbocycles. The van der Waals surface area contributed by atoms with Gasteiger partial charge >= 0.3 is 5.96 Å². The van der Waals surface area contributed by atoms with Crippen LogP contribution in [-0.2, 0) is 19.6 Å². The van der Waals surface area contributed by atoms with E-state index < -0.39 is 34.0 Å². The maximum absolute atomic E-state index is 12.3. The molecular formula is C16H25N5O5S. The number of carboxylic acid groups (broad SMARTS) is 1. The van der Waals surface area contributed by atoms with Crippen LogP contribution in [-0.4, -0.2) is 44.9 Å². The summed E-state index contributed by atoms with van der Waals surface area (Å²) in [6, 6.07) is 3.64. The number of sulfonamides is 1. The minimum absolute atomic E-state index is 0.00294. The van der Waals surface area contributed by atoms with Crippen LogP contribution in [0.5, 0.6) is 0 Å². The lowest BCUT2D eigenvalue weighted by atomic mass is 10.1. The Morgan fingerprint density at radius 1 is 1.22 bits per heavy atom. The molecule has 10 nitrogen and oxygen atoms in total. The molecule has 0 radical (unpaired) electrons. The SMILES string of the molecule is Cc1ccc(S(=O)(=O)N[C@H](C)C(=O)N[C@@H](CCC[NH+]=C(N)N)C(=O)[O-])cc1. The van der Waals surface area contributed by atoms with Crippen LogP contribution < -0.4 is 31.6 Å². The summed E-state index contributed by atoms with van der Waals surface area (Å²) in [7, 11) is -3.92. The van der Waals surface area contributed by atoms with E-state index in [2.05, 4.69) is 15.0 Å². The van der Waals surface area contributed by atoms with Gasteiger partial charge in [-0.2, -0.15) is 4.72 Å². The highest BCUT2D eigenvalue weighted by Crippen LogP contribution is 2.10. The number of hydrogen-bond acceptors (Lipinski definition) is 5. The topological polar surface area (TPSA) is 181 Å². The van der Waals surface area contributed by atoms with E-state index in [-0.39, 0.29) is 17.3 Å². The fourth-order valence-electron chi connectivity index (χ4n) is 2.16. The molecule has 0 aromatic heterocycles. The number of amides is 1. The average Bonchev–Trinajstić information content (AvgIpc) is 2.56. The highest BCUT2D eigenvalue weighted by Gasteiger charge is 2.24. The van der Waals surface area contributed by atoms with Gasteiger partial charge in [0.05, 0.1) is 29.5 Å². The molecule has 0 saturated heterocycles. The Morgan fingerprint density at radius 3 is 2.33 bits per heavy atom. The van der Waals surface area contributed by atoms with Gasteiger partial charge in [-0.05, 0) is 38.8 Å². The van der Waals surface area contributed by atoms with Crippen LogP contribution in [0.25, 0.3) is 0 Å². The second-order valence-electron chi connectivity index (χ2n) is 6.06. The third kappa shape index (κ3) is 7.62. The van der Waals surface area contributed by atoms with Crippen LogP contribution in [0.3, 0.4) is 0 Å². The number of benzene rings is 1. The first-order chi connectivity index (χ1) is 12.5. The average molecular weight is 399 g/mol. The normalized spacial score (nSPS) is 13.4. The molecule has 2 atom stereocenters. The molecule has 0 spiro atoms. The molecule has 1 rings (SSSR count). The molecule has 7 N–H and O–H groups in total. The molecule has 1 amide bonds. The molecule has 0 heterocycles. The Hall–Kier alpha value is -2.66. The summed E-state index contributed by atoms with van der Waals surface area (Å²) in [5.74, 6) is -2.25. The van der Waals surface area contributed by atoms with Crippen LogP contribution in [0.4, 0.5) is 0 Å². The molecular weight excluding hydrogens is 374 g/mol. The summed E-state index contributed by atoms with van der Waals surface area (Å²) < 4.78 is 26.8. The van der Waals surface area contributed by atoms with Crippen molar-refractivity contribution in [2.24, 2.45) is 11.5 Å². The van der Waals surface area contributed by atoms with Crippen molar-refractivity contribution in [3.63, 3.8) is 0 Å². The minimum atomic E-state index is -3.92. The van der Waals surface area contributed by atoms with Crippen molar-refractivity contribution in [2.75, 3.05) is 6.54 Å². The van der Waals surface area contributed by atoms with Crippen LogP contribution >= 0.6 is 0 Å². The van der Waals surface area contributed by atoms with Gasteiger partial charge < -0.3 is 15.2 Å². The second-order valence-corrected chi connectivity index (χ2v) is 7.77. The maximum Gasteiger partial charge on any atom is 0.338 e. The van der Waals surface area contributed by atoms with Gasteiger partial charge in [-0.15, -0.1) is 0 Å². The van der Waals surface area contributed by atoms with Gasteiger partial charge in [-0.3, -0.25) is 21.3 Å². The highest BCUT2D eigenvalue weighted by atomic mass is 32.2. The van der Waals surface area contributed by atoms with Gasteiger partial charge in [0.2, 0.25) is 15.9 Å². The van der Waals surface area contributed by atoms with E-state index in [1.54, 1.807) is 12.1 Å². The van der Waals surface area contributed by atoms with Gasteiger partial charge in [0.25, 0.3) is 0 Å². The zero-order valence-corrected chi connectivity index (χ0v) is 16.0. The fourth-order valence-corrected chi connectivity index (χ4v) is 3.36. The summed E-state index contributed by atoms with van der Waals surface area (Å²) in [6.45, 7) is 3.45. The van der Waals surface area contributed by atoms with E-state index in [4.69, 9.17) is 11.5 Å². The van der Waals surface area contributed by atoms with Crippen LogP contribution in [0.15, 0.2) is 29.2 Å². The van der Waals surface area contributed by atoms with Crippen molar-refractivity contribution >= 4 is 27.9 Å². The number of nitrogens with one attached hydrogen (secondary N) is 3. The predicted octanol–water partition coefficient (Wildman–Crippen LogP) is -3.97. The summed E-state index contributed by atoms with van der Waals surface area (Å²) in [5, 5.41) is 13.4. The third-order valence-corrected chi connectivity index (χ3v) is 5.21. The fraction of sp³-hybridized carbons (Fsp3) is 0.438. The third-order valence-electron chi connectivity index (χ3n) is 3.66. The number of rotatable bonds is 10. The van der Waals surface area contributed by atoms with E-state index in [1.165, 1.54) is 19.1 Å². The van der Waals surface area contributed by atoms with E-state index in [1.807, 2.05) is 6.92 Å². The van der Waals surface area contributed by atoms with E-state index in [9.17, 15) is 23.1 Å². The van der Waals surface area contributed by atoms with Gasteiger partial charge in [-0.1, -0.05) is 17.7 Å². The molecule has 11 heteroatoms. The lowest BCUT2D eigenvalue weighted by Gasteiger charge is -2.22. The molecule has 0 unspecified atom stereocenters. The first kappa shape index (κ1) is 22.4. The van der Waals surface area contributed by atoms with Crippen molar-refractivity contribution in [1.82, 2.24) is 10.0 Å². The summed E-state index contributed by atoms with van der Waals surface area (Å²) in [5.41, 5.74) is 11.3. The zero-order valence-electron chi connectivity index (χ0n) is 15.2. The largest absolute Gasteiger partial charge is 0.548 e. The zero-order chi connectivity index (χ0) is 20.6. The molecule has 0 fully saturated rings. The Bertz CT molecular complexity index is 788. The van der Waals surface area contributed by atoms with Crippen molar-refractivity contribution in [1.29, 1.82) is 0 Å². The monoisotopic (exact) mass is 399 g/mol. The van der Waals surface area contributed by atoms with Gasteiger partial charge in [-0.25, -0.2) is 8.42 Å². The first-order valence-corrected chi connectivity index (χ1v) is 9.73. The van der Waals surface area contributed by atoms with Crippen molar-refractivity contribution in [3.05, 3.63) is 29.8 Å². The Kier molecular flexibility index (Phi) is 8.19. The number of carbonyl (C=O) groups is 2. The number of guanidine groups is 1. The Morgan fingerprint density at radius 2 is 1.81 bits per heavy atom. The highest BCUT2D eigenvalue weighted by molar-refractivity contribution is 7.89. The molecule has 27 heavy (non-hydrogen) atoms. The predicted molar refractivity (Wildman–Crippen MR) is 96.3 cm³/mol. The summed E-state index contributed by atoms with van der Waals surface area (Å²) in [4.78, 5) is 26.0. The first-order valence-electron chi connectivity index (χ1n) is 8.25. The summed E-state index contributed by atoms with van der Waals surface area (Å²) >= 11 is 0. The van der Waals surface area contributed by atoms with E-state index >= 15 is 0 Å². The van der Waals surface area contributed by atoms with E-state index in [0.29, 0.717) is 13.0 Å². The number of aryl methyl sites for hydroxylation is 1. The molecule has 1 aromatic rings. The minimum Gasteiger partial charge on any atom is -0.548 e. The van der Waals surface area contributed by atoms with Crippen molar-refractivity contribution in [3.8, 4) is 0 Å². The molecule has 0 aliphatic heterocycles. The smallest absolute Gasteiger partial charge is 0.338 e. The van der Waals surface area contributed by atoms with Crippen LogP contribution in [0.2, 0.25) is 0 Å².